The topological polar surface area (TPSA) is 95.7 Å². The van der Waals surface area contributed by atoms with E-state index in [1.54, 1.807) is 18.2 Å². The third-order valence-electron chi connectivity index (χ3n) is 5.67. The maximum Gasteiger partial charge on any atom is 0.337 e. The monoisotopic (exact) mass is 601 g/mol. The van der Waals surface area contributed by atoms with Crippen molar-refractivity contribution >= 4 is 46.4 Å². The summed E-state index contributed by atoms with van der Waals surface area (Å²) in [5.74, 6) is -10.3. The molecule has 0 aliphatic carbocycles. The minimum Gasteiger partial charge on any atom is -0.478 e. The number of carboxylic acids is 1. The first-order chi connectivity index (χ1) is 18.8. The van der Waals surface area contributed by atoms with E-state index in [-0.39, 0.29) is 33.5 Å². The van der Waals surface area contributed by atoms with E-state index in [1.807, 2.05) is 24.3 Å². The maximum absolute atomic E-state index is 12.4. The van der Waals surface area contributed by atoms with Gasteiger partial charge in [0.25, 0.3) is 0 Å². The van der Waals surface area contributed by atoms with E-state index < -0.39 is 35.1 Å². The fourth-order valence-corrected chi connectivity index (χ4v) is 3.91. The van der Waals surface area contributed by atoms with E-state index in [1.165, 1.54) is 6.07 Å². The second-order valence-electron chi connectivity index (χ2n) is 8.58. The molecule has 1 heterocycles. The number of ketones is 1. The first-order valence-corrected chi connectivity index (χ1v) is 12.5. The van der Waals surface area contributed by atoms with Crippen LogP contribution in [0, 0.1) is 35.0 Å². The van der Waals surface area contributed by atoms with Crippen molar-refractivity contribution in [3.8, 4) is 0 Å². The lowest BCUT2D eigenvalue weighted by Gasteiger charge is -2.28. The number of halogens is 6. The van der Waals surface area contributed by atoms with Gasteiger partial charge in [-0.15, -0.1) is 0 Å². The van der Waals surface area contributed by atoms with Gasteiger partial charge >= 0.3 is 5.97 Å². The summed E-state index contributed by atoms with van der Waals surface area (Å²) in [5.41, 5.74) is 7.08. The van der Waals surface area contributed by atoms with Crippen LogP contribution in [0.25, 0.3) is 0 Å². The minimum atomic E-state index is -2.14. The first-order valence-electron chi connectivity index (χ1n) is 11.7. The lowest BCUT2D eigenvalue weighted by atomic mass is 9.89. The summed E-state index contributed by atoms with van der Waals surface area (Å²) in [7, 11) is 2.09. The minimum absolute atomic E-state index is 0.0618. The van der Waals surface area contributed by atoms with Gasteiger partial charge in [-0.05, 0) is 69.5 Å². The molecule has 1 aliphatic heterocycles. The molecule has 0 saturated carbocycles. The second kappa shape index (κ2) is 15.2. The van der Waals surface area contributed by atoms with Crippen molar-refractivity contribution in [2.24, 2.45) is 11.7 Å². The molecule has 0 radical (unpaired) electrons. The third kappa shape index (κ3) is 9.54. The molecule has 6 nitrogen and oxygen atoms in total. The largest absolute Gasteiger partial charge is 0.478 e. The van der Waals surface area contributed by atoms with E-state index in [0.717, 1.165) is 37.2 Å². The number of thiocarbonyl (C=S) groups is 1. The molecule has 4 rings (SSSR count). The number of piperidine rings is 1. The normalized spacial score (nSPS) is 13.3. The Morgan fingerprint density at radius 1 is 0.950 bits per heavy atom. The summed E-state index contributed by atoms with van der Waals surface area (Å²) < 4.78 is 60.0. The highest BCUT2D eigenvalue weighted by Crippen LogP contribution is 2.22. The molecular weight excluding hydrogens is 577 g/mol. The zero-order valence-electron chi connectivity index (χ0n) is 21.1. The molecule has 0 aromatic heterocycles. The smallest absolute Gasteiger partial charge is 0.337 e. The number of anilines is 1. The molecule has 1 aliphatic rings. The summed E-state index contributed by atoms with van der Waals surface area (Å²) in [6, 6.07) is 13.6. The summed E-state index contributed by atoms with van der Waals surface area (Å²) in [6.45, 7) is 1.97. The highest BCUT2D eigenvalue weighted by molar-refractivity contribution is 7.80. The van der Waals surface area contributed by atoms with Gasteiger partial charge in [-0.1, -0.05) is 35.9 Å². The summed E-state index contributed by atoms with van der Waals surface area (Å²) >= 11 is 10.3. The van der Waals surface area contributed by atoms with E-state index >= 15 is 0 Å². The first kappa shape index (κ1) is 32.6. The van der Waals surface area contributed by atoms with Gasteiger partial charge in [-0.3, -0.25) is 4.79 Å². The van der Waals surface area contributed by atoms with E-state index in [4.69, 9.17) is 34.7 Å². The molecule has 3 aromatic carbocycles. The number of rotatable bonds is 4. The average molecular weight is 602 g/mol. The van der Waals surface area contributed by atoms with Crippen molar-refractivity contribution in [1.29, 1.82) is 0 Å². The molecule has 1 fully saturated rings. The molecule has 3 aromatic rings. The third-order valence-corrected chi connectivity index (χ3v) is 6.10. The lowest BCUT2D eigenvalue weighted by molar-refractivity contribution is 0.0696. The molecule has 13 heteroatoms. The number of aromatic carboxylic acids is 1. The number of Topliss-reactive ketones (excluding diaryl/α,β-unsaturated/α-hetero) is 1. The lowest BCUT2D eigenvalue weighted by Crippen LogP contribution is -2.33. The van der Waals surface area contributed by atoms with Crippen molar-refractivity contribution in [2.45, 2.75) is 12.8 Å². The average Bonchev–Trinajstić information content (AvgIpc) is 2.91. The molecule has 0 bridgehead atoms. The number of hydrogen-bond acceptors (Lipinski definition) is 4. The number of carbonyl (C=O) groups is 2. The number of benzene rings is 3. The predicted octanol–water partition coefficient (Wildman–Crippen LogP) is 6.29. The van der Waals surface area contributed by atoms with Gasteiger partial charge in [-0.2, -0.15) is 0 Å². The van der Waals surface area contributed by atoms with Gasteiger partial charge in [-0.25, -0.2) is 26.7 Å². The number of hydrogen-bond donors (Lipinski definition) is 3. The Balaban J connectivity index is 0.000000228. The number of carbonyl (C=O) groups excluding carboxylic acids is 1. The highest BCUT2D eigenvalue weighted by atomic mass is 35.5. The van der Waals surface area contributed by atoms with Gasteiger partial charge in [0.05, 0.1) is 10.6 Å². The van der Waals surface area contributed by atoms with Gasteiger partial charge < -0.3 is 21.1 Å². The zero-order valence-corrected chi connectivity index (χ0v) is 22.6. The molecule has 214 valence electrons. The molecule has 0 amide bonds. The van der Waals surface area contributed by atoms with Gasteiger partial charge in [0, 0.05) is 23.2 Å². The Morgan fingerprint density at radius 2 is 1.52 bits per heavy atom. The Hall–Kier alpha value is -3.61. The van der Waals surface area contributed by atoms with Crippen LogP contribution in [-0.4, -0.2) is 47.0 Å². The van der Waals surface area contributed by atoms with Gasteiger partial charge in [0.2, 0.25) is 5.82 Å². The van der Waals surface area contributed by atoms with Crippen LogP contribution in [0.3, 0.4) is 0 Å². The molecule has 1 saturated heterocycles. The van der Waals surface area contributed by atoms with E-state index in [0.29, 0.717) is 0 Å². The number of likely N-dealkylation sites (tertiary alicyclic amines) is 1. The van der Waals surface area contributed by atoms with Crippen LogP contribution in [0.2, 0.25) is 5.02 Å². The highest BCUT2D eigenvalue weighted by Gasteiger charge is 2.24. The van der Waals surface area contributed by atoms with Crippen molar-refractivity contribution < 1.29 is 36.6 Å². The summed E-state index contributed by atoms with van der Waals surface area (Å²) in [4.78, 5) is 25.0. The molecular formula is C27H25ClF5N3O3S. The SMILES string of the molecule is CN1CCC(C(=O)c2cccc(NC(N)=S)c2)CC1.Fc1cc(F)c(F)c(F)c1F.O=C(O)c1ccccc1Cl. The fourth-order valence-electron chi connectivity index (χ4n) is 3.58. The van der Waals surface area contributed by atoms with Crippen molar-refractivity contribution in [3.05, 3.63) is 99.8 Å². The Bertz CT molecular complexity index is 1340. The van der Waals surface area contributed by atoms with Crippen LogP contribution < -0.4 is 11.1 Å². The van der Waals surface area contributed by atoms with Crippen LogP contribution in [-0.2, 0) is 0 Å². The van der Waals surface area contributed by atoms with Crippen molar-refractivity contribution in [3.63, 3.8) is 0 Å². The van der Waals surface area contributed by atoms with Crippen LogP contribution in [0.15, 0.2) is 54.6 Å². The Labute approximate surface area is 237 Å². The van der Waals surface area contributed by atoms with E-state index in [2.05, 4.69) is 17.3 Å². The predicted molar refractivity (Wildman–Crippen MR) is 146 cm³/mol. The fraction of sp³-hybridized carbons (Fsp3) is 0.222. The standard InChI is InChI=1S/C14H19N3OS.C7H5ClO2.C6HF5/c1-17-7-5-10(6-8-17)13(18)11-3-2-4-12(9-11)16-14(15)19;8-6-4-2-1-3-5(6)7(9)10;7-2-1-3(8)5(10)6(11)4(2)9/h2-4,9-10H,5-8H2,1H3,(H3,15,16,19);1-4H,(H,9,10);1H. The number of nitrogens with one attached hydrogen (secondary N) is 1. The van der Waals surface area contributed by atoms with Crippen LogP contribution >= 0.6 is 23.8 Å². The molecule has 40 heavy (non-hydrogen) atoms. The maximum atomic E-state index is 12.4. The molecule has 0 atom stereocenters. The Morgan fingerprint density at radius 3 is 2.02 bits per heavy atom. The quantitative estimate of drug-likeness (QED) is 0.106. The number of nitrogens with zero attached hydrogens (tertiary/aromatic N) is 1. The van der Waals surface area contributed by atoms with Crippen LogP contribution in [0.5, 0.6) is 0 Å². The second-order valence-corrected chi connectivity index (χ2v) is 9.43. The summed E-state index contributed by atoms with van der Waals surface area (Å²) in [6.07, 6.45) is 1.87. The van der Waals surface area contributed by atoms with Crippen molar-refractivity contribution in [1.82, 2.24) is 4.90 Å². The van der Waals surface area contributed by atoms with Gasteiger partial charge in [0.1, 0.15) is 0 Å². The summed E-state index contributed by atoms with van der Waals surface area (Å²) in [5, 5.41) is 11.8. The number of carboxylic acid groups (broad SMARTS) is 1. The zero-order chi connectivity index (χ0) is 30.0. The Kier molecular flexibility index (Phi) is 12.4. The van der Waals surface area contributed by atoms with E-state index in [9.17, 15) is 31.5 Å². The van der Waals surface area contributed by atoms with Crippen LogP contribution in [0.1, 0.15) is 33.6 Å². The van der Waals surface area contributed by atoms with Crippen molar-refractivity contribution in [2.75, 3.05) is 25.5 Å². The molecule has 4 N–H and O–H groups in total. The molecule has 0 spiro atoms. The molecule has 0 unspecified atom stereocenters. The number of nitrogens with two attached hydrogens (primary N) is 1. The van der Waals surface area contributed by atoms with Crippen LogP contribution in [0.4, 0.5) is 27.6 Å². The van der Waals surface area contributed by atoms with Gasteiger partial charge in [0.15, 0.2) is 34.2 Å².